The van der Waals surface area contributed by atoms with Gasteiger partial charge in [0.15, 0.2) is 10.8 Å². The average molecular weight is 270 g/mol. The fourth-order valence-corrected chi connectivity index (χ4v) is 2.53. The Bertz CT molecular complexity index is 512. The van der Waals surface area contributed by atoms with Crippen LogP contribution in [-0.4, -0.2) is 41.6 Å². The van der Waals surface area contributed by atoms with Crippen LogP contribution < -0.4 is 4.90 Å². The van der Waals surface area contributed by atoms with E-state index in [2.05, 4.69) is 9.72 Å². The summed E-state index contributed by atoms with van der Waals surface area (Å²) >= 11 is 1.06. The van der Waals surface area contributed by atoms with Gasteiger partial charge in [-0.15, -0.1) is 11.3 Å². The Balaban J connectivity index is 2.16. The molecule has 7 nitrogen and oxygen atoms in total. The summed E-state index contributed by atoms with van der Waals surface area (Å²) in [7, 11) is 1.27. The summed E-state index contributed by atoms with van der Waals surface area (Å²) in [6.45, 7) is 0.179. The molecule has 0 bridgehead atoms. The smallest absolute Gasteiger partial charge is 0.355 e. The minimum Gasteiger partial charge on any atom is -0.476 e. The molecule has 1 fully saturated rings. The molecule has 1 N–H and O–H groups in total. The predicted molar refractivity (Wildman–Crippen MR) is 61.5 cm³/mol. The fourth-order valence-electron chi connectivity index (χ4n) is 1.70. The highest BCUT2D eigenvalue weighted by molar-refractivity contribution is 7.14. The number of carboxylic acids is 1. The quantitative estimate of drug-likeness (QED) is 0.797. The normalized spacial score (nSPS) is 19.1. The standard InChI is InChI=1S/C10H10N2O5S/c1-17-9(16)5-2-7(13)12(3-5)10-11-6(4-18-10)8(14)15/h4-5H,2-3H2,1H3,(H,14,15). The lowest BCUT2D eigenvalue weighted by molar-refractivity contribution is -0.145. The molecule has 1 unspecified atom stereocenters. The van der Waals surface area contributed by atoms with Crippen molar-refractivity contribution in [3.8, 4) is 0 Å². The lowest BCUT2D eigenvalue weighted by Crippen LogP contribution is -2.26. The van der Waals surface area contributed by atoms with Crippen LogP contribution in [0.15, 0.2) is 5.38 Å². The number of nitrogens with zero attached hydrogens (tertiary/aromatic N) is 2. The molecule has 8 heteroatoms. The number of carbonyl (C=O) groups excluding carboxylic acids is 2. The lowest BCUT2D eigenvalue weighted by atomic mass is 10.1. The molecular weight excluding hydrogens is 260 g/mol. The van der Waals surface area contributed by atoms with Gasteiger partial charge in [0.1, 0.15) is 0 Å². The first kappa shape index (κ1) is 12.5. The van der Waals surface area contributed by atoms with Crippen molar-refractivity contribution in [1.29, 1.82) is 0 Å². The highest BCUT2D eigenvalue weighted by atomic mass is 32.1. The zero-order valence-electron chi connectivity index (χ0n) is 9.45. The minimum atomic E-state index is -1.14. The Morgan fingerprint density at radius 2 is 2.33 bits per heavy atom. The van der Waals surface area contributed by atoms with E-state index < -0.39 is 17.9 Å². The third kappa shape index (κ3) is 2.19. The Labute approximate surface area is 106 Å². The van der Waals surface area contributed by atoms with Gasteiger partial charge in [0, 0.05) is 18.3 Å². The van der Waals surface area contributed by atoms with Crippen LogP contribution in [0.1, 0.15) is 16.9 Å². The maximum atomic E-state index is 11.7. The maximum absolute atomic E-state index is 11.7. The van der Waals surface area contributed by atoms with Gasteiger partial charge in [-0.3, -0.25) is 14.5 Å². The third-order valence-corrected chi connectivity index (χ3v) is 3.47. The van der Waals surface area contributed by atoms with Crippen molar-refractivity contribution >= 4 is 34.3 Å². The van der Waals surface area contributed by atoms with Gasteiger partial charge in [0.25, 0.3) is 0 Å². The molecule has 1 aliphatic heterocycles. The van der Waals surface area contributed by atoms with Gasteiger partial charge in [0.05, 0.1) is 13.0 Å². The van der Waals surface area contributed by atoms with Gasteiger partial charge in [0.2, 0.25) is 5.91 Å². The summed E-state index contributed by atoms with van der Waals surface area (Å²) in [6.07, 6.45) is 0.0641. The molecule has 1 aromatic rings. The van der Waals surface area contributed by atoms with Crippen molar-refractivity contribution in [1.82, 2.24) is 4.98 Å². The SMILES string of the molecule is COC(=O)C1CC(=O)N(c2nc(C(=O)O)cs2)C1. The van der Waals surface area contributed by atoms with Crippen molar-refractivity contribution in [3.05, 3.63) is 11.1 Å². The molecule has 0 aromatic carbocycles. The number of anilines is 1. The van der Waals surface area contributed by atoms with Crippen LogP contribution in [0.4, 0.5) is 5.13 Å². The van der Waals surface area contributed by atoms with E-state index in [4.69, 9.17) is 5.11 Å². The van der Waals surface area contributed by atoms with E-state index in [0.29, 0.717) is 5.13 Å². The second-order valence-corrected chi connectivity index (χ2v) is 4.59. The number of carboxylic acid groups (broad SMARTS) is 1. The van der Waals surface area contributed by atoms with Crippen LogP contribution >= 0.6 is 11.3 Å². The Morgan fingerprint density at radius 3 is 2.89 bits per heavy atom. The Morgan fingerprint density at radius 1 is 1.61 bits per heavy atom. The molecule has 0 spiro atoms. The monoisotopic (exact) mass is 270 g/mol. The summed E-state index contributed by atoms with van der Waals surface area (Å²) in [6, 6.07) is 0. The number of hydrogen-bond acceptors (Lipinski definition) is 6. The highest BCUT2D eigenvalue weighted by Gasteiger charge is 2.37. The van der Waals surface area contributed by atoms with E-state index in [1.165, 1.54) is 17.4 Å². The number of carbonyl (C=O) groups is 3. The molecule has 18 heavy (non-hydrogen) atoms. The largest absolute Gasteiger partial charge is 0.476 e. The zero-order valence-corrected chi connectivity index (χ0v) is 10.3. The van der Waals surface area contributed by atoms with Crippen molar-refractivity contribution in [2.45, 2.75) is 6.42 Å². The summed E-state index contributed by atoms with van der Waals surface area (Å²) < 4.78 is 4.58. The highest BCUT2D eigenvalue weighted by Crippen LogP contribution is 2.28. The molecule has 1 aliphatic rings. The fraction of sp³-hybridized carbons (Fsp3) is 0.400. The van der Waals surface area contributed by atoms with Crippen molar-refractivity contribution in [3.63, 3.8) is 0 Å². The van der Waals surface area contributed by atoms with Gasteiger partial charge in [-0.1, -0.05) is 0 Å². The second-order valence-electron chi connectivity index (χ2n) is 3.75. The summed E-state index contributed by atoms with van der Waals surface area (Å²) in [5, 5.41) is 10.4. The van der Waals surface area contributed by atoms with Crippen LogP contribution in [0.25, 0.3) is 0 Å². The molecule has 96 valence electrons. The van der Waals surface area contributed by atoms with E-state index in [1.54, 1.807) is 0 Å². The number of rotatable bonds is 3. The molecule has 0 aliphatic carbocycles. The number of esters is 1. The molecule has 0 saturated carbocycles. The van der Waals surface area contributed by atoms with E-state index in [1.807, 2.05) is 0 Å². The number of ether oxygens (including phenoxy) is 1. The molecule has 1 saturated heterocycles. The Hall–Kier alpha value is -1.96. The zero-order chi connectivity index (χ0) is 13.3. The molecular formula is C10H10N2O5S. The number of hydrogen-bond donors (Lipinski definition) is 1. The van der Waals surface area contributed by atoms with Crippen LogP contribution in [0.2, 0.25) is 0 Å². The van der Waals surface area contributed by atoms with Gasteiger partial charge in [-0.05, 0) is 0 Å². The van der Waals surface area contributed by atoms with Crippen molar-refractivity contribution < 1.29 is 24.2 Å². The summed E-state index contributed by atoms with van der Waals surface area (Å²) in [4.78, 5) is 38.9. The van der Waals surface area contributed by atoms with Gasteiger partial charge >= 0.3 is 11.9 Å². The van der Waals surface area contributed by atoms with Gasteiger partial charge in [-0.2, -0.15) is 0 Å². The number of aromatic nitrogens is 1. The van der Waals surface area contributed by atoms with Crippen LogP contribution in [0.5, 0.6) is 0 Å². The van der Waals surface area contributed by atoms with E-state index in [0.717, 1.165) is 11.3 Å². The second kappa shape index (κ2) is 4.73. The number of aromatic carboxylic acids is 1. The summed E-state index contributed by atoms with van der Waals surface area (Å²) in [5.74, 6) is -2.36. The van der Waals surface area contributed by atoms with E-state index >= 15 is 0 Å². The topological polar surface area (TPSA) is 96.8 Å². The molecule has 2 rings (SSSR count). The van der Waals surface area contributed by atoms with Crippen molar-refractivity contribution in [2.24, 2.45) is 5.92 Å². The molecule has 1 amide bonds. The van der Waals surface area contributed by atoms with Gasteiger partial charge in [-0.25, -0.2) is 9.78 Å². The first-order valence-electron chi connectivity index (χ1n) is 5.10. The van der Waals surface area contributed by atoms with Gasteiger partial charge < -0.3 is 9.84 Å². The first-order chi connectivity index (χ1) is 8.52. The molecule has 1 atom stereocenters. The molecule has 0 radical (unpaired) electrons. The van der Waals surface area contributed by atoms with Crippen LogP contribution in [-0.2, 0) is 14.3 Å². The van der Waals surface area contributed by atoms with Crippen LogP contribution in [0.3, 0.4) is 0 Å². The molecule has 1 aromatic heterocycles. The number of thiazole rings is 1. The van der Waals surface area contributed by atoms with Crippen LogP contribution in [0, 0.1) is 5.92 Å². The third-order valence-electron chi connectivity index (χ3n) is 2.60. The maximum Gasteiger partial charge on any atom is 0.355 e. The van der Waals surface area contributed by atoms with E-state index in [-0.39, 0.29) is 24.6 Å². The predicted octanol–water partition coefficient (Wildman–Crippen LogP) is 0.367. The lowest BCUT2D eigenvalue weighted by Gasteiger charge is -2.11. The summed E-state index contributed by atoms with van der Waals surface area (Å²) in [5.41, 5.74) is -0.107. The van der Waals surface area contributed by atoms with E-state index in [9.17, 15) is 14.4 Å². The molecule has 2 heterocycles. The first-order valence-corrected chi connectivity index (χ1v) is 5.98. The average Bonchev–Trinajstić information content (AvgIpc) is 2.94. The number of amides is 1. The Kier molecular flexibility index (Phi) is 3.28. The minimum absolute atomic E-state index is 0.0641. The number of methoxy groups -OCH3 is 1. The van der Waals surface area contributed by atoms with Crippen molar-refractivity contribution in [2.75, 3.05) is 18.6 Å².